The van der Waals surface area contributed by atoms with E-state index in [1.807, 2.05) is 54.9 Å². The van der Waals surface area contributed by atoms with E-state index in [1.165, 1.54) is 11.8 Å². The lowest BCUT2D eigenvalue weighted by Crippen LogP contribution is -2.27. The number of nitrogens with zero attached hydrogens (tertiary/aromatic N) is 4. The summed E-state index contributed by atoms with van der Waals surface area (Å²) < 4.78 is 8.38. The van der Waals surface area contributed by atoms with Gasteiger partial charge in [-0.1, -0.05) is 39.8 Å². The summed E-state index contributed by atoms with van der Waals surface area (Å²) in [5, 5.41) is 9.12. The van der Waals surface area contributed by atoms with Gasteiger partial charge in [-0.15, -0.1) is 10.2 Å². The van der Waals surface area contributed by atoms with E-state index >= 15 is 0 Å². The number of carbonyl (C=O) groups is 1. The van der Waals surface area contributed by atoms with Gasteiger partial charge in [-0.3, -0.25) is 9.36 Å². The van der Waals surface area contributed by atoms with Crippen LogP contribution in [0.3, 0.4) is 0 Å². The standard InChI is InChI=1S/C18H19BrN4O2S/c1-3-23-17(15-5-4-10-25-15)20-21-18(23)26-12-16(24)22(2)11-13-6-8-14(19)9-7-13/h4-10H,3,11-12H2,1-2H3. The van der Waals surface area contributed by atoms with Crippen molar-refractivity contribution in [2.75, 3.05) is 12.8 Å². The number of hydrogen-bond acceptors (Lipinski definition) is 5. The normalized spacial score (nSPS) is 10.9. The van der Waals surface area contributed by atoms with E-state index in [0.29, 0.717) is 35.6 Å². The molecule has 0 radical (unpaired) electrons. The van der Waals surface area contributed by atoms with Crippen LogP contribution in [0.4, 0.5) is 0 Å². The summed E-state index contributed by atoms with van der Waals surface area (Å²) >= 11 is 4.80. The van der Waals surface area contributed by atoms with Gasteiger partial charge in [0.1, 0.15) is 0 Å². The molecular formula is C18H19BrN4O2S. The molecule has 1 amide bonds. The number of amides is 1. The summed E-state index contributed by atoms with van der Waals surface area (Å²) in [7, 11) is 1.81. The molecule has 0 unspecified atom stereocenters. The third-order valence-corrected chi connectivity index (χ3v) is 5.34. The lowest BCUT2D eigenvalue weighted by atomic mass is 10.2. The van der Waals surface area contributed by atoms with Crippen LogP contribution in [0.2, 0.25) is 0 Å². The quantitative estimate of drug-likeness (QED) is 0.524. The minimum Gasteiger partial charge on any atom is -0.461 e. The van der Waals surface area contributed by atoms with Gasteiger partial charge >= 0.3 is 0 Å². The molecule has 3 rings (SSSR count). The van der Waals surface area contributed by atoms with Gasteiger partial charge in [-0.2, -0.15) is 0 Å². The fourth-order valence-electron chi connectivity index (χ4n) is 2.46. The topological polar surface area (TPSA) is 64.2 Å². The van der Waals surface area contributed by atoms with Crippen LogP contribution >= 0.6 is 27.7 Å². The van der Waals surface area contributed by atoms with Gasteiger partial charge in [0.15, 0.2) is 16.7 Å². The Kier molecular flexibility index (Phi) is 6.16. The zero-order valence-electron chi connectivity index (χ0n) is 14.6. The van der Waals surface area contributed by atoms with E-state index < -0.39 is 0 Å². The predicted molar refractivity (Wildman–Crippen MR) is 105 cm³/mol. The Hall–Kier alpha value is -2.06. The van der Waals surface area contributed by atoms with Crippen LogP contribution in [0.15, 0.2) is 56.7 Å². The first-order valence-corrected chi connectivity index (χ1v) is 9.94. The number of furan rings is 1. The van der Waals surface area contributed by atoms with Gasteiger partial charge in [0.2, 0.25) is 5.91 Å². The molecule has 136 valence electrons. The highest BCUT2D eigenvalue weighted by Gasteiger charge is 2.17. The average molecular weight is 435 g/mol. The van der Waals surface area contributed by atoms with Crippen LogP contribution in [-0.4, -0.2) is 38.4 Å². The SMILES string of the molecule is CCn1c(SCC(=O)N(C)Cc2ccc(Br)cc2)nnc1-c1ccco1. The number of benzene rings is 1. The number of thioether (sulfide) groups is 1. The summed E-state index contributed by atoms with van der Waals surface area (Å²) in [6.07, 6.45) is 1.61. The number of hydrogen-bond donors (Lipinski definition) is 0. The summed E-state index contributed by atoms with van der Waals surface area (Å²) in [5.41, 5.74) is 1.09. The molecule has 6 nitrogen and oxygen atoms in total. The van der Waals surface area contributed by atoms with Crippen molar-refractivity contribution in [3.8, 4) is 11.6 Å². The first kappa shape index (κ1) is 18.7. The maximum absolute atomic E-state index is 12.4. The highest BCUT2D eigenvalue weighted by atomic mass is 79.9. The van der Waals surface area contributed by atoms with Crippen LogP contribution in [0.25, 0.3) is 11.6 Å². The van der Waals surface area contributed by atoms with Crippen molar-refractivity contribution in [3.63, 3.8) is 0 Å². The second kappa shape index (κ2) is 8.55. The minimum atomic E-state index is 0.0446. The second-order valence-electron chi connectivity index (χ2n) is 5.69. The highest BCUT2D eigenvalue weighted by Crippen LogP contribution is 2.24. The molecule has 0 atom stereocenters. The molecule has 1 aromatic carbocycles. The Morgan fingerprint density at radius 2 is 2.04 bits per heavy atom. The largest absolute Gasteiger partial charge is 0.461 e. The summed E-state index contributed by atoms with van der Waals surface area (Å²) in [6, 6.07) is 11.6. The van der Waals surface area contributed by atoms with Crippen molar-refractivity contribution in [1.29, 1.82) is 0 Å². The van der Waals surface area contributed by atoms with E-state index in [1.54, 1.807) is 11.2 Å². The van der Waals surface area contributed by atoms with Crippen LogP contribution in [0, 0.1) is 0 Å². The predicted octanol–water partition coefficient (Wildman–Crippen LogP) is 4.07. The molecule has 0 bridgehead atoms. The molecule has 26 heavy (non-hydrogen) atoms. The highest BCUT2D eigenvalue weighted by molar-refractivity contribution is 9.10. The first-order chi connectivity index (χ1) is 12.6. The number of aromatic nitrogens is 3. The number of halogens is 1. The molecule has 2 aromatic heterocycles. The maximum atomic E-state index is 12.4. The third-order valence-electron chi connectivity index (χ3n) is 3.86. The molecule has 0 N–H and O–H groups in total. The smallest absolute Gasteiger partial charge is 0.233 e. The Bertz CT molecular complexity index is 862. The van der Waals surface area contributed by atoms with E-state index in [9.17, 15) is 4.79 Å². The zero-order chi connectivity index (χ0) is 18.5. The summed E-state index contributed by atoms with van der Waals surface area (Å²) in [6.45, 7) is 3.29. The van der Waals surface area contributed by atoms with Crippen molar-refractivity contribution in [3.05, 3.63) is 52.7 Å². The first-order valence-electron chi connectivity index (χ1n) is 8.16. The van der Waals surface area contributed by atoms with Crippen molar-refractivity contribution in [1.82, 2.24) is 19.7 Å². The van der Waals surface area contributed by atoms with Crippen molar-refractivity contribution in [2.24, 2.45) is 0 Å². The van der Waals surface area contributed by atoms with Crippen molar-refractivity contribution >= 4 is 33.6 Å². The molecule has 0 aliphatic heterocycles. The fourth-order valence-corrected chi connectivity index (χ4v) is 3.66. The summed E-state index contributed by atoms with van der Waals surface area (Å²) in [4.78, 5) is 14.2. The molecule has 0 fully saturated rings. The molecule has 0 aliphatic carbocycles. The van der Waals surface area contributed by atoms with Gasteiger partial charge in [0, 0.05) is 24.6 Å². The van der Waals surface area contributed by atoms with Crippen LogP contribution in [0.5, 0.6) is 0 Å². The van der Waals surface area contributed by atoms with Crippen LogP contribution < -0.4 is 0 Å². The molecule has 0 saturated heterocycles. The number of rotatable bonds is 7. The Morgan fingerprint density at radius 1 is 1.27 bits per heavy atom. The fraction of sp³-hybridized carbons (Fsp3) is 0.278. The molecule has 0 saturated carbocycles. The van der Waals surface area contributed by atoms with E-state index in [-0.39, 0.29) is 5.91 Å². The number of carbonyl (C=O) groups excluding carboxylic acids is 1. The molecule has 0 spiro atoms. The molecule has 3 aromatic rings. The van der Waals surface area contributed by atoms with Crippen LogP contribution in [-0.2, 0) is 17.9 Å². The van der Waals surface area contributed by atoms with Gasteiger partial charge in [0.05, 0.1) is 12.0 Å². The molecular weight excluding hydrogens is 416 g/mol. The van der Waals surface area contributed by atoms with E-state index in [4.69, 9.17) is 4.42 Å². The Morgan fingerprint density at radius 3 is 2.69 bits per heavy atom. The van der Waals surface area contributed by atoms with Gasteiger partial charge in [0.25, 0.3) is 0 Å². The summed E-state index contributed by atoms with van der Waals surface area (Å²) in [5.74, 6) is 1.70. The second-order valence-corrected chi connectivity index (χ2v) is 7.55. The van der Waals surface area contributed by atoms with Gasteiger partial charge in [-0.25, -0.2) is 0 Å². The van der Waals surface area contributed by atoms with Crippen molar-refractivity contribution < 1.29 is 9.21 Å². The zero-order valence-corrected chi connectivity index (χ0v) is 17.0. The van der Waals surface area contributed by atoms with E-state index in [0.717, 1.165) is 10.0 Å². The van der Waals surface area contributed by atoms with E-state index in [2.05, 4.69) is 26.1 Å². The third kappa shape index (κ3) is 4.37. The minimum absolute atomic E-state index is 0.0446. The van der Waals surface area contributed by atoms with Gasteiger partial charge in [-0.05, 0) is 36.8 Å². The van der Waals surface area contributed by atoms with Crippen molar-refractivity contribution in [2.45, 2.75) is 25.2 Å². The molecule has 8 heteroatoms. The molecule has 2 heterocycles. The monoisotopic (exact) mass is 434 g/mol. The lowest BCUT2D eigenvalue weighted by molar-refractivity contribution is -0.127. The van der Waals surface area contributed by atoms with Crippen LogP contribution in [0.1, 0.15) is 12.5 Å². The Labute approximate surface area is 164 Å². The average Bonchev–Trinajstić information content (AvgIpc) is 3.30. The van der Waals surface area contributed by atoms with Gasteiger partial charge < -0.3 is 9.32 Å². The maximum Gasteiger partial charge on any atom is 0.233 e. The molecule has 0 aliphatic rings. The lowest BCUT2D eigenvalue weighted by Gasteiger charge is -2.17. The Balaban J connectivity index is 1.61.